The molecular formula is C18H15Cl2NO2S. The molecule has 2 aliphatic rings. The van der Waals surface area contributed by atoms with Gasteiger partial charge < -0.3 is 10.2 Å². The Morgan fingerprint density at radius 3 is 1.75 bits per heavy atom. The maximum Gasteiger partial charge on any atom is 0.132 e. The molecule has 0 aliphatic heterocycles. The summed E-state index contributed by atoms with van der Waals surface area (Å²) in [6.07, 6.45) is 15.4. The molecule has 0 amide bonds. The molecule has 0 radical (unpaired) electrons. The van der Waals surface area contributed by atoms with E-state index in [1.54, 1.807) is 0 Å². The minimum Gasteiger partial charge on any atom is -0.512 e. The number of aromatic nitrogens is 1. The van der Waals surface area contributed by atoms with Gasteiger partial charge in [0.1, 0.15) is 15.9 Å². The van der Waals surface area contributed by atoms with Gasteiger partial charge in [0.25, 0.3) is 0 Å². The predicted molar refractivity (Wildman–Crippen MR) is 100.0 cm³/mol. The molecule has 24 heavy (non-hydrogen) atoms. The highest BCUT2D eigenvalue weighted by molar-refractivity contribution is 7.11. The number of hydrogen-bond acceptors (Lipinski definition) is 4. The van der Waals surface area contributed by atoms with Gasteiger partial charge in [0, 0.05) is 29.9 Å². The van der Waals surface area contributed by atoms with Crippen molar-refractivity contribution in [3.8, 4) is 0 Å². The van der Waals surface area contributed by atoms with Crippen LogP contribution in [0.2, 0.25) is 9.36 Å². The monoisotopic (exact) mass is 379 g/mol. The third-order valence-electron chi connectivity index (χ3n) is 3.88. The Kier molecular flexibility index (Phi) is 5.29. The second kappa shape index (κ2) is 7.43. The van der Waals surface area contributed by atoms with Crippen molar-refractivity contribution in [2.75, 3.05) is 0 Å². The summed E-state index contributed by atoms with van der Waals surface area (Å²) in [6.45, 7) is 0. The van der Waals surface area contributed by atoms with E-state index >= 15 is 0 Å². The molecule has 0 aromatic carbocycles. The molecule has 0 saturated carbocycles. The quantitative estimate of drug-likeness (QED) is 0.599. The Morgan fingerprint density at radius 1 is 0.917 bits per heavy atom. The fourth-order valence-electron chi connectivity index (χ4n) is 2.62. The van der Waals surface area contributed by atoms with Crippen LogP contribution in [-0.2, 0) is 0 Å². The van der Waals surface area contributed by atoms with Crippen LogP contribution in [0.4, 0.5) is 0 Å². The number of halogens is 2. The number of aliphatic hydroxyl groups is 2. The van der Waals surface area contributed by atoms with Crippen molar-refractivity contribution in [1.82, 2.24) is 4.37 Å². The zero-order chi connectivity index (χ0) is 17.1. The molecule has 0 atom stereocenters. The van der Waals surface area contributed by atoms with Gasteiger partial charge in [0.05, 0.1) is 10.7 Å². The molecule has 1 heterocycles. The van der Waals surface area contributed by atoms with E-state index in [2.05, 4.69) is 4.37 Å². The number of hydrogen-bond donors (Lipinski definition) is 2. The highest BCUT2D eigenvalue weighted by Gasteiger charge is 2.24. The molecule has 0 spiro atoms. The van der Waals surface area contributed by atoms with Crippen LogP contribution in [0.1, 0.15) is 24.5 Å². The second-order valence-electron chi connectivity index (χ2n) is 5.50. The van der Waals surface area contributed by atoms with Crippen LogP contribution in [0, 0.1) is 0 Å². The highest BCUT2D eigenvalue weighted by Crippen LogP contribution is 2.39. The van der Waals surface area contributed by atoms with Gasteiger partial charge in [-0.2, -0.15) is 4.37 Å². The first kappa shape index (κ1) is 17.1. The van der Waals surface area contributed by atoms with E-state index in [4.69, 9.17) is 23.2 Å². The lowest BCUT2D eigenvalue weighted by Crippen LogP contribution is -2.05. The van der Waals surface area contributed by atoms with E-state index in [-0.39, 0.29) is 17.4 Å². The number of nitrogens with zero attached hydrogens (tertiary/aromatic N) is 1. The molecule has 124 valence electrons. The Labute approximate surface area is 154 Å². The van der Waals surface area contributed by atoms with Gasteiger partial charge in [-0.25, -0.2) is 0 Å². The molecule has 2 N–H and O–H groups in total. The summed E-state index contributed by atoms with van der Waals surface area (Å²) in [4.78, 5) is 0. The van der Waals surface area contributed by atoms with Gasteiger partial charge in [0.15, 0.2) is 0 Å². The van der Waals surface area contributed by atoms with Gasteiger partial charge in [-0.05, 0) is 11.5 Å². The molecule has 1 aromatic rings. The standard InChI is InChI=1S/C18H15Cl2NO2S/c19-16-17(21-24-18(16)20)13(9-14(22)11-5-1-2-6-11)10-15(23)12-7-3-4-8-12/h1-8,13,22-23H,9-10H2. The molecule has 1 aromatic heterocycles. The van der Waals surface area contributed by atoms with Crippen LogP contribution >= 0.6 is 34.7 Å². The summed E-state index contributed by atoms with van der Waals surface area (Å²) in [7, 11) is 0. The summed E-state index contributed by atoms with van der Waals surface area (Å²) in [5.74, 6) is 0.201. The molecule has 2 aliphatic carbocycles. The van der Waals surface area contributed by atoms with Crippen molar-refractivity contribution in [3.63, 3.8) is 0 Å². The van der Waals surface area contributed by atoms with Crippen molar-refractivity contribution in [2.45, 2.75) is 18.8 Å². The summed E-state index contributed by atoms with van der Waals surface area (Å²) in [6, 6.07) is 0. The van der Waals surface area contributed by atoms with Gasteiger partial charge >= 0.3 is 0 Å². The fraction of sp³-hybridized carbons (Fsp3) is 0.167. The van der Waals surface area contributed by atoms with Crippen molar-refractivity contribution in [1.29, 1.82) is 0 Å². The molecule has 0 fully saturated rings. The van der Waals surface area contributed by atoms with Crippen LogP contribution in [-0.4, -0.2) is 14.6 Å². The Hall–Kier alpha value is -1.75. The SMILES string of the molecule is OC(CC(CC(O)=C1C=CC=C1)c1nsc(Cl)c1Cl)=C1C=CC=C1. The van der Waals surface area contributed by atoms with E-state index in [0.29, 0.717) is 27.9 Å². The average Bonchev–Trinajstić information content (AvgIpc) is 3.30. The number of allylic oxidation sites excluding steroid dienone is 12. The van der Waals surface area contributed by atoms with Crippen LogP contribution in [0.15, 0.2) is 71.3 Å². The molecule has 3 nitrogen and oxygen atoms in total. The minimum atomic E-state index is -0.272. The lowest BCUT2D eigenvalue weighted by atomic mass is 9.93. The maximum absolute atomic E-state index is 10.4. The first-order valence-corrected chi connectivity index (χ1v) is 8.93. The second-order valence-corrected chi connectivity index (χ2v) is 7.25. The van der Waals surface area contributed by atoms with E-state index in [0.717, 1.165) is 22.7 Å². The molecule has 3 rings (SSSR count). The van der Waals surface area contributed by atoms with Gasteiger partial charge in [-0.1, -0.05) is 71.8 Å². The van der Waals surface area contributed by atoms with Crippen LogP contribution in [0.3, 0.4) is 0 Å². The van der Waals surface area contributed by atoms with E-state index < -0.39 is 0 Å². The highest BCUT2D eigenvalue weighted by atomic mass is 35.5. The Morgan fingerprint density at radius 2 is 1.38 bits per heavy atom. The topological polar surface area (TPSA) is 53.4 Å². The largest absolute Gasteiger partial charge is 0.512 e. The number of rotatable bonds is 5. The summed E-state index contributed by atoms with van der Waals surface area (Å²) in [5.41, 5.74) is 2.11. The third kappa shape index (κ3) is 3.66. The lowest BCUT2D eigenvalue weighted by molar-refractivity contribution is 0.339. The predicted octanol–water partition coefficient (Wildman–Crippen LogP) is 6.19. The van der Waals surface area contributed by atoms with E-state index in [1.165, 1.54) is 0 Å². The molecule has 6 heteroatoms. The Bertz CT molecular complexity index is 754. The van der Waals surface area contributed by atoms with Crippen molar-refractivity contribution < 1.29 is 10.2 Å². The van der Waals surface area contributed by atoms with Crippen LogP contribution in [0.5, 0.6) is 0 Å². The van der Waals surface area contributed by atoms with Crippen molar-refractivity contribution in [3.05, 3.63) is 86.3 Å². The lowest BCUT2D eigenvalue weighted by Gasteiger charge is -2.16. The van der Waals surface area contributed by atoms with Crippen molar-refractivity contribution in [2.24, 2.45) is 0 Å². The first-order valence-electron chi connectivity index (χ1n) is 7.40. The van der Waals surface area contributed by atoms with Gasteiger partial charge in [-0.3, -0.25) is 0 Å². The van der Waals surface area contributed by atoms with E-state index in [1.807, 2.05) is 48.6 Å². The zero-order valence-corrected chi connectivity index (χ0v) is 14.9. The fourth-order valence-corrected chi connectivity index (χ4v) is 3.78. The smallest absolute Gasteiger partial charge is 0.132 e. The summed E-state index contributed by atoms with van der Waals surface area (Å²) >= 11 is 13.4. The maximum atomic E-state index is 10.4. The van der Waals surface area contributed by atoms with Crippen LogP contribution in [0.25, 0.3) is 0 Å². The third-order valence-corrected chi connectivity index (χ3v) is 5.52. The number of aliphatic hydroxyl groups excluding tert-OH is 2. The molecule has 0 unspecified atom stereocenters. The normalized spacial score (nSPS) is 15.3. The zero-order valence-electron chi connectivity index (χ0n) is 12.6. The van der Waals surface area contributed by atoms with E-state index in [9.17, 15) is 10.2 Å². The van der Waals surface area contributed by atoms with Crippen LogP contribution < -0.4 is 0 Å². The molecular weight excluding hydrogens is 365 g/mol. The first-order chi connectivity index (χ1) is 11.6. The van der Waals surface area contributed by atoms with Gasteiger partial charge in [0.2, 0.25) is 0 Å². The Balaban J connectivity index is 1.90. The van der Waals surface area contributed by atoms with Crippen molar-refractivity contribution >= 4 is 34.7 Å². The minimum absolute atomic E-state index is 0.237. The van der Waals surface area contributed by atoms with Gasteiger partial charge in [-0.15, -0.1) is 0 Å². The summed E-state index contributed by atoms with van der Waals surface area (Å²) in [5, 5.41) is 21.2. The molecule has 0 saturated heterocycles. The molecule has 0 bridgehead atoms. The summed E-state index contributed by atoms with van der Waals surface area (Å²) < 4.78 is 4.73. The average molecular weight is 380 g/mol.